The molecule has 1 aliphatic rings. The van der Waals surface area contributed by atoms with Gasteiger partial charge in [0.1, 0.15) is 5.75 Å². The summed E-state index contributed by atoms with van der Waals surface area (Å²) in [6.07, 6.45) is 0.555. The number of amides is 1. The van der Waals surface area contributed by atoms with E-state index in [1.54, 1.807) is 12.0 Å². The molecule has 1 aliphatic heterocycles. The second-order valence-electron chi connectivity index (χ2n) is 8.15. The normalized spacial score (nSPS) is 22.2. The van der Waals surface area contributed by atoms with Crippen molar-refractivity contribution < 1.29 is 22.7 Å². The van der Waals surface area contributed by atoms with Gasteiger partial charge in [-0.2, -0.15) is 17.0 Å². The number of benzene rings is 1. The highest BCUT2D eigenvalue weighted by Gasteiger charge is 2.47. The summed E-state index contributed by atoms with van der Waals surface area (Å²) in [5, 5.41) is 0. The fraction of sp³-hybridized carbons (Fsp3) is 0.667. The lowest BCUT2D eigenvalue weighted by molar-refractivity contribution is 0.0586. The van der Waals surface area contributed by atoms with Crippen LogP contribution in [0.1, 0.15) is 46.1 Å². The molecule has 0 spiro atoms. The van der Waals surface area contributed by atoms with Crippen molar-refractivity contribution >= 4 is 16.3 Å². The number of rotatable bonds is 8. The van der Waals surface area contributed by atoms with E-state index in [1.165, 1.54) is 22.7 Å². The maximum absolute atomic E-state index is 13.3. The Morgan fingerprint density at radius 2 is 1.83 bits per heavy atom. The zero-order valence-electron chi connectivity index (χ0n) is 19.0. The molecule has 3 atom stereocenters. The van der Waals surface area contributed by atoms with Crippen molar-refractivity contribution in [2.45, 2.75) is 71.3 Å². The molecule has 30 heavy (non-hydrogen) atoms. The summed E-state index contributed by atoms with van der Waals surface area (Å²) in [7, 11) is 0.930. The van der Waals surface area contributed by atoms with Gasteiger partial charge in [-0.25, -0.2) is 4.79 Å². The molecule has 1 amide bonds. The summed E-state index contributed by atoms with van der Waals surface area (Å²) in [5.74, 6) is 0.712. The molecule has 8 nitrogen and oxygen atoms in total. The zero-order chi connectivity index (χ0) is 22.6. The summed E-state index contributed by atoms with van der Waals surface area (Å²) >= 11 is 0. The Kier molecular flexibility index (Phi) is 8.13. The average molecular weight is 442 g/mol. The Morgan fingerprint density at radius 3 is 2.30 bits per heavy atom. The number of likely N-dealkylation sites (tertiary alicyclic amines) is 1. The molecule has 0 aliphatic carbocycles. The van der Waals surface area contributed by atoms with Gasteiger partial charge in [-0.1, -0.05) is 19.1 Å². The van der Waals surface area contributed by atoms with E-state index in [9.17, 15) is 13.2 Å². The van der Waals surface area contributed by atoms with Crippen LogP contribution in [0.15, 0.2) is 24.3 Å². The second-order valence-corrected chi connectivity index (χ2v) is 10.2. The third-order valence-electron chi connectivity index (χ3n) is 5.45. The van der Waals surface area contributed by atoms with Gasteiger partial charge in [-0.3, -0.25) is 0 Å². The third kappa shape index (κ3) is 5.25. The maximum atomic E-state index is 13.3. The maximum Gasteiger partial charge on any atom is 0.410 e. The van der Waals surface area contributed by atoms with E-state index in [0.717, 1.165) is 5.56 Å². The lowest BCUT2D eigenvalue weighted by Crippen LogP contribution is -2.52. The summed E-state index contributed by atoms with van der Waals surface area (Å²) < 4.78 is 39.9. The molecule has 1 aromatic carbocycles. The van der Waals surface area contributed by atoms with E-state index in [4.69, 9.17) is 9.47 Å². The monoisotopic (exact) mass is 441 g/mol. The number of carbonyl (C=O) groups excluding carboxylic acids is 1. The van der Waals surface area contributed by atoms with E-state index in [1.807, 2.05) is 52.0 Å². The van der Waals surface area contributed by atoms with Crippen LogP contribution in [-0.2, 0) is 21.5 Å². The first kappa shape index (κ1) is 24.4. The minimum Gasteiger partial charge on any atom is -0.497 e. The first-order valence-electron chi connectivity index (χ1n) is 10.3. The molecule has 0 N–H and O–H groups in total. The molecular weight excluding hydrogens is 406 g/mol. The largest absolute Gasteiger partial charge is 0.497 e. The van der Waals surface area contributed by atoms with Crippen LogP contribution in [0.2, 0.25) is 0 Å². The Morgan fingerprint density at radius 1 is 1.23 bits per heavy atom. The van der Waals surface area contributed by atoms with Crippen LogP contribution >= 0.6 is 0 Å². The smallest absolute Gasteiger partial charge is 0.410 e. The molecule has 1 fully saturated rings. The fourth-order valence-electron chi connectivity index (χ4n) is 3.98. The van der Waals surface area contributed by atoms with Crippen molar-refractivity contribution in [2.24, 2.45) is 0 Å². The molecule has 170 valence electrons. The molecular formula is C21H35N3O5S. The highest BCUT2D eigenvalue weighted by molar-refractivity contribution is 7.86. The van der Waals surface area contributed by atoms with Crippen LogP contribution in [0.4, 0.5) is 4.79 Å². The van der Waals surface area contributed by atoms with Gasteiger partial charge in [-0.05, 0) is 51.3 Å². The van der Waals surface area contributed by atoms with Gasteiger partial charge in [0.2, 0.25) is 0 Å². The minimum absolute atomic E-state index is 0.123. The molecule has 1 aromatic rings. The lowest BCUT2D eigenvalue weighted by Gasteiger charge is -2.35. The quantitative estimate of drug-likeness (QED) is 0.619. The summed E-state index contributed by atoms with van der Waals surface area (Å²) in [5.41, 5.74) is 0.854. The number of methoxy groups -OCH3 is 1. The number of nitrogens with zero attached hydrogens (tertiary/aromatic N) is 3. The molecule has 0 unspecified atom stereocenters. The molecule has 9 heteroatoms. The Hall–Kier alpha value is -1.84. The van der Waals surface area contributed by atoms with Gasteiger partial charge in [0, 0.05) is 32.7 Å². The first-order chi connectivity index (χ1) is 14.0. The van der Waals surface area contributed by atoms with E-state index < -0.39 is 16.3 Å². The van der Waals surface area contributed by atoms with Crippen LogP contribution < -0.4 is 4.74 Å². The van der Waals surface area contributed by atoms with Crippen molar-refractivity contribution in [3.63, 3.8) is 0 Å². The standard InChI is InChI=1S/C21H35N3O5S/c1-8-19-20(13-16(4)24(19)21(25)29-15(2)3)23(30(26,27)22(5)6)14-17-9-11-18(28-7)12-10-17/h9-12,15-16,19-20H,8,13-14H2,1-7H3/t16-,19+,20+/m1/s1. The average Bonchev–Trinajstić information content (AvgIpc) is 3.01. The lowest BCUT2D eigenvalue weighted by atomic mass is 10.1. The molecule has 0 radical (unpaired) electrons. The van der Waals surface area contributed by atoms with Gasteiger partial charge in [0.05, 0.1) is 19.3 Å². The molecule has 0 saturated carbocycles. The van der Waals surface area contributed by atoms with Gasteiger partial charge in [0.15, 0.2) is 0 Å². The topological polar surface area (TPSA) is 79.4 Å². The van der Waals surface area contributed by atoms with Crippen LogP contribution in [0.5, 0.6) is 5.75 Å². The van der Waals surface area contributed by atoms with Crippen LogP contribution in [0.3, 0.4) is 0 Å². The molecule has 1 saturated heterocycles. The molecule has 0 bridgehead atoms. The zero-order valence-corrected chi connectivity index (χ0v) is 19.8. The van der Waals surface area contributed by atoms with Crippen molar-refractivity contribution in [3.05, 3.63) is 29.8 Å². The predicted molar refractivity (Wildman–Crippen MR) is 117 cm³/mol. The van der Waals surface area contributed by atoms with Crippen molar-refractivity contribution in [1.29, 1.82) is 0 Å². The van der Waals surface area contributed by atoms with E-state index in [-0.39, 0.29) is 30.8 Å². The Bertz CT molecular complexity index is 810. The van der Waals surface area contributed by atoms with Crippen molar-refractivity contribution in [3.8, 4) is 5.75 Å². The van der Waals surface area contributed by atoms with Gasteiger partial charge in [0.25, 0.3) is 10.2 Å². The van der Waals surface area contributed by atoms with E-state index >= 15 is 0 Å². The number of carbonyl (C=O) groups is 1. The second kappa shape index (κ2) is 9.98. The summed E-state index contributed by atoms with van der Waals surface area (Å²) in [4.78, 5) is 14.4. The van der Waals surface area contributed by atoms with Crippen LogP contribution in [0.25, 0.3) is 0 Å². The molecule has 0 aromatic heterocycles. The minimum atomic E-state index is -3.72. The van der Waals surface area contributed by atoms with E-state index in [0.29, 0.717) is 18.6 Å². The predicted octanol–water partition coefficient (Wildman–Crippen LogP) is 3.09. The van der Waals surface area contributed by atoms with Gasteiger partial charge < -0.3 is 14.4 Å². The SMILES string of the molecule is CC[C@H]1[C@@H](N(Cc2ccc(OC)cc2)S(=O)(=O)N(C)C)C[C@@H](C)N1C(=O)OC(C)C. The fourth-order valence-corrected chi connectivity index (χ4v) is 5.28. The van der Waals surface area contributed by atoms with Gasteiger partial charge in [-0.15, -0.1) is 0 Å². The van der Waals surface area contributed by atoms with Gasteiger partial charge >= 0.3 is 6.09 Å². The summed E-state index contributed by atoms with van der Waals surface area (Å²) in [6.45, 7) is 7.75. The first-order valence-corrected chi connectivity index (χ1v) is 11.7. The number of hydrogen-bond acceptors (Lipinski definition) is 5. The van der Waals surface area contributed by atoms with Crippen LogP contribution in [0, 0.1) is 0 Å². The highest BCUT2D eigenvalue weighted by Crippen LogP contribution is 2.34. The number of hydrogen-bond donors (Lipinski definition) is 0. The third-order valence-corrected chi connectivity index (χ3v) is 7.37. The van der Waals surface area contributed by atoms with Crippen LogP contribution in [-0.4, -0.2) is 73.5 Å². The van der Waals surface area contributed by atoms with Crippen molar-refractivity contribution in [2.75, 3.05) is 21.2 Å². The number of ether oxygens (including phenoxy) is 2. The summed E-state index contributed by atoms with van der Waals surface area (Å²) in [6, 6.07) is 6.62. The Labute approximate surface area is 180 Å². The van der Waals surface area contributed by atoms with E-state index in [2.05, 4.69) is 0 Å². The highest BCUT2D eigenvalue weighted by atomic mass is 32.2. The van der Waals surface area contributed by atoms with Crippen molar-refractivity contribution in [1.82, 2.24) is 13.5 Å². The molecule has 1 heterocycles. The Balaban J connectivity index is 2.40. The molecule has 2 rings (SSSR count).